The van der Waals surface area contributed by atoms with Crippen LogP contribution in [0.3, 0.4) is 0 Å². The minimum atomic E-state index is -0.946. The highest BCUT2D eigenvalue weighted by atomic mass is 35.5. The van der Waals surface area contributed by atoms with Gasteiger partial charge < -0.3 is 19.7 Å². The Morgan fingerprint density at radius 2 is 1.58 bits per heavy atom. The van der Waals surface area contributed by atoms with Gasteiger partial charge in [-0.05, 0) is 60.0 Å². The Bertz CT molecular complexity index is 1580. The third kappa shape index (κ3) is 8.64. The number of nitrogens with one attached hydrogen (secondary N) is 1. The maximum absolute atomic E-state index is 12.8. The molecule has 0 spiro atoms. The number of amides is 1. The van der Waals surface area contributed by atoms with Crippen molar-refractivity contribution < 1.29 is 23.9 Å². The standard InChI is InChI=1S/C32H28Cl2N4O5/c1-21(39)43-25-16-12-23(13-17-25)20-38(32-35-18-5-19-36-32)24-14-10-22(11-15-24)6-3-9-28(31(41)42-2)37-30(40)29-26(33)7-4-8-27(29)34/h3-8,10-19,28H,9,20H2,1-2H3,(H,37,40). The van der Waals surface area contributed by atoms with Crippen molar-refractivity contribution in [3.05, 3.63) is 118 Å². The van der Waals surface area contributed by atoms with E-state index in [0.717, 1.165) is 16.8 Å². The molecule has 4 aromatic rings. The number of methoxy groups -OCH3 is 1. The first-order valence-corrected chi connectivity index (χ1v) is 13.9. The Kier molecular flexibility index (Phi) is 10.9. The number of ether oxygens (including phenoxy) is 2. The van der Waals surface area contributed by atoms with Crippen molar-refractivity contribution in [1.82, 2.24) is 15.3 Å². The highest BCUT2D eigenvalue weighted by Crippen LogP contribution is 2.27. The number of nitrogens with zero attached hydrogens (tertiary/aromatic N) is 3. The summed E-state index contributed by atoms with van der Waals surface area (Å²) in [5.74, 6) is -0.570. The fraction of sp³-hybridized carbons (Fsp3) is 0.156. The second-order valence-corrected chi connectivity index (χ2v) is 10.1. The van der Waals surface area contributed by atoms with E-state index in [1.165, 1.54) is 14.0 Å². The number of halogens is 2. The summed E-state index contributed by atoms with van der Waals surface area (Å²) in [6.07, 6.45) is 7.13. The predicted molar refractivity (Wildman–Crippen MR) is 165 cm³/mol. The molecule has 0 saturated heterocycles. The lowest BCUT2D eigenvalue weighted by Crippen LogP contribution is -2.41. The summed E-state index contributed by atoms with van der Waals surface area (Å²) in [6, 6.07) is 20.5. The van der Waals surface area contributed by atoms with E-state index in [1.807, 2.05) is 47.4 Å². The third-order valence-electron chi connectivity index (χ3n) is 6.19. The summed E-state index contributed by atoms with van der Waals surface area (Å²) >= 11 is 12.3. The molecule has 1 unspecified atom stereocenters. The first-order chi connectivity index (χ1) is 20.7. The topological polar surface area (TPSA) is 111 Å². The van der Waals surface area contributed by atoms with Crippen LogP contribution in [-0.2, 0) is 20.9 Å². The summed E-state index contributed by atoms with van der Waals surface area (Å²) in [4.78, 5) is 47.2. The minimum absolute atomic E-state index is 0.0894. The monoisotopic (exact) mass is 618 g/mol. The second-order valence-electron chi connectivity index (χ2n) is 9.25. The van der Waals surface area contributed by atoms with Crippen LogP contribution in [-0.4, -0.2) is 41.0 Å². The number of benzene rings is 3. The average Bonchev–Trinajstić information content (AvgIpc) is 3.00. The van der Waals surface area contributed by atoms with Gasteiger partial charge in [0.05, 0.1) is 29.3 Å². The van der Waals surface area contributed by atoms with Gasteiger partial charge in [-0.2, -0.15) is 0 Å². The van der Waals surface area contributed by atoms with Crippen LogP contribution in [0.4, 0.5) is 11.6 Å². The van der Waals surface area contributed by atoms with Crippen LogP contribution in [0.25, 0.3) is 6.08 Å². The van der Waals surface area contributed by atoms with Crippen LogP contribution in [0, 0.1) is 0 Å². The molecule has 3 aromatic carbocycles. The molecule has 1 aromatic heterocycles. The molecule has 0 radical (unpaired) electrons. The fourth-order valence-electron chi connectivity index (χ4n) is 4.13. The van der Waals surface area contributed by atoms with E-state index in [2.05, 4.69) is 15.3 Å². The van der Waals surface area contributed by atoms with Crippen LogP contribution in [0.5, 0.6) is 5.75 Å². The summed E-state index contributed by atoms with van der Waals surface area (Å²) in [7, 11) is 1.25. The molecule has 0 aliphatic carbocycles. The molecule has 0 bridgehead atoms. The number of carbonyl (C=O) groups is 3. The maximum Gasteiger partial charge on any atom is 0.328 e. The minimum Gasteiger partial charge on any atom is -0.467 e. The molecule has 1 heterocycles. The maximum atomic E-state index is 12.8. The zero-order valence-corrected chi connectivity index (χ0v) is 24.9. The molecule has 0 fully saturated rings. The van der Waals surface area contributed by atoms with E-state index >= 15 is 0 Å². The van der Waals surface area contributed by atoms with E-state index in [1.54, 1.807) is 54.9 Å². The van der Waals surface area contributed by atoms with Gasteiger partial charge in [-0.15, -0.1) is 0 Å². The molecule has 11 heteroatoms. The van der Waals surface area contributed by atoms with E-state index in [9.17, 15) is 14.4 Å². The molecule has 220 valence electrons. The number of aromatic nitrogens is 2. The number of hydrogen-bond acceptors (Lipinski definition) is 8. The molecule has 9 nitrogen and oxygen atoms in total. The predicted octanol–water partition coefficient (Wildman–Crippen LogP) is 6.42. The normalized spacial score (nSPS) is 11.5. The average molecular weight is 620 g/mol. The number of esters is 2. The summed E-state index contributed by atoms with van der Waals surface area (Å²) in [5.41, 5.74) is 2.77. The van der Waals surface area contributed by atoms with Crippen molar-refractivity contribution >= 4 is 58.8 Å². The van der Waals surface area contributed by atoms with Crippen LogP contribution in [0.1, 0.15) is 34.8 Å². The molecule has 4 rings (SSSR count). The SMILES string of the molecule is COC(=O)C(CC=Cc1ccc(N(Cc2ccc(OC(C)=O)cc2)c2ncccn2)cc1)NC(=O)c1c(Cl)cccc1Cl. The first kappa shape index (κ1) is 31.2. The van der Waals surface area contributed by atoms with Crippen LogP contribution < -0.4 is 15.0 Å². The van der Waals surface area contributed by atoms with Crippen molar-refractivity contribution in [2.75, 3.05) is 12.0 Å². The van der Waals surface area contributed by atoms with Gasteiger partial charge in [0.25, 0.3) is 5.91 Å². The molecule has 0 saturated carbocycles. The highest BCUT2D eigenvalue weighted by Gasteiger charge is 2.23. The quantitative estimate of drug-likeness (QED) is 0.151. The van der Waals surface area contributed by atoms with Crippen molar-refractivity contribution in [3.63, 3.8) is 0 Å². The van der Waals surface area contributed by atoms with Gasteiger partial charge in [0, 0.05) is 25.0 Å². The van der Waals surface area contributed by atoms with Gasteiger partial charge in [-0.1, -0.05) is 65.7 Å². The molecular weight excluding hydrogens is 591 g/mol. The van der Waals surface area contributed by atoms with Gasteiger partial charge in [0.15, 0.2) is 0 Å². The third-order valence-corrected chi connectivity index (χ3v) is 6.82. The molecule has 1 N–H and O–H groups in total. The van der Waals surface area contributed by atoms with Crippen LogP contribution in [0.2, 0.25) is 10.0 Å². The van der Waals surface area contributed by atoms with E-state index in [-0.39, 0.29) is 28.0 Å². The number of anilines is 2. The summed E-state index contributed by atoms with van der Waals surface area (Å²) in [6.45, 7) is 1.82. The Morgan fingerprint density at radius 3 is 2.19 bits per heavy atom. The summed E-state index contributed by atoms with van der Waals surface area (Å²) < 4.78 is 10.0. The molecular formula is C32H28Cl2N4O5. The van der Waals surface area contributed by atoms with Crippen LogP contribution in [0.15, 0.2) is 91.3 Å². The molecule has 43 heavy (non-hydrogen) atoms. The first-order valence-electron chi connectivity index (χ1n) is 13.2. The van der Waals surface area contributed by atoms with E-state index in [4.69, 9.17) is 32.7 Å². The zero-order valence-electron chi connectivity index (χ0n) is 23.4. The Hall–Kier alpha value is -4.73. The molecule has 1 atom stereocenters. The summed E-state index contributed by atoms with van der Waals surface area (Å²) in [5, 5.41) is 3.01. The second kappa shape index (κ2) is 14.9. The van der Waals surface area contributed by atoms with Gasteiger partial charge in [0.1, 0.15) is 11.8 Å². The van der Waals surface area contributed by atoms with Crippen molar-refractivity contribution in [1.29, 1.82) is 0 Å². The zero-order chi connectivity index (χ0) is 30.8. The number of hydrogen-bond donors (Lipinski definition) is 1. The lowest BCUT2D eigenvalue weighted by molar-refractivity contribution is -0.142. The Labute approximate surface area is 259 Å². The Morgan fingerprint density at radius 1 is 0.930 bits per heavy atom. The lowest BCUT2D eigenvalue weighted by atomic mass is 10.1. The van der Waals surface area contributed by atoms with Gasteiger partial charge in [-0.3, -0.25) is 9.59 Å². The molecule has 0 aliphatic rings. The van der Waals surface area contributed by atoms with E-state index < -0.39 is 17.9 Å². The van der Waals surface area contributed by atoms with Crippen molar-refractivity contribution in [3.8, 4) is 5.75 Å². The van der Waals surface area contributed by atoms with Crippen molar-refractivity contribution in [2.45, 2.75) is 25.9 Å². The largest absolute Gasteiger partial charge is 0.467 e. The smallest absolute Gasteiger partial charge is 0.328 e. The Balaban J connectivity index is 1.47. The highest BCUT2D eigenvalue weighted by molar-refractivity contribution is 6.39. The van der Waals surface area contributed by atoms with E-state index in [0.29, 0.717) is 18.2 Å². The molecule has 0 aliphatic heterocycles. The van der Waals surface area contributed by atoms with Gasteiger partial charge >= 0.3 is 11.9 Å². The number of rotatable bonds is 11. The van der Waals surface area contributed by atoms with Gasteiger partial charge in [0.2, 0.25) is 5.95 Å². The molecule has 1 amide bonds. The number of carbonyl (C=O) groups excluding carboxylic acids is 3. The fourth-order valence-corrected chi connectivity index (χ4v) is 4.70. The lowest BCUT2D eigenvalue weighted by Gasteiger charge is -2.23. The van der Waals surface area contributed by atoms with Crippen molar-refractivity contribution in [2.24, 2.45) is 0 Å². The van der Waals surface area contributed by atoms with Gasteiger partial charge in [-0.25, -0.2) is 14.8 Å². The van der Waals surface area contributed by atoms with Crippen LogP contribution >= 0.6 is 23.2 Å².